The normalized spacial score (nSPS) is 23.7. The molecule has 0 aliphatic heterocycles. The minimum atomic E-state index is -0.569. The van der Waals surface area contributed by atoms with E-state index >= 15 is 0 Å². The van der Waals surface area contributed by atoms with Gasteiger partial charge >= 0.3 is 0 Å². The van der Waals surface area contributed by atoms with E-state index in [4.69, 9.17) is 5.73 Å². The largest absolute Gasteiger partial charge is 0.368 e. The summed E-state index contributed by atoms with van der Waals surface area (Å²) in [5.74, 6) is 0.615. The van der Waals surface area contributed by atoms with Crippen molar-refractivity contribution >= 4 is 5.91 Å². The topological polar surface area (TPSA) is 58.4 Å². The van der Waals surface area contributed by atoms with Crippen LogP contribution in [-0.4, -0.2) is 42.0 Å². The Morgan fingerprint density at radius 1 is 1.39 bits per heavy atom. The molecule has 2 fully saturated rings. The lowest BCUT2D eigenvalue weighted by atomic mass is 9.84. The number of rotatable bonds is 8. The fourth-order valence-electron chi connectivity index (χ4n) is 2.67. The van der Waals surface area contributed by atoms with Crippen LogP contribution in [0.5, 0.6) is 0 Å². The first kappa shape index (κ1) is 13.8. The molecule has 2 rings (SSSR count). The second kappa shape index (κ2) is 5.57. The molecule has 2 aliphatic rings. The third-order valence-corrected chi connectivity index (χ3v) is 4.37. The fraction of sp³-hybridized carbons (Fsp3) is 0.929. The average molecular weight is 253 g/mol. The fourth-order valence-corrected chi connectivity index (χ4v) is 2.67. The van der Waals surface area contributed by atoms with E-state index in [-0.39, 0.29) is 5.91 Å². The van der Waals surface area contributed by atoms with E-state index in [0.29, 0.717) is 6.04 Å². The van der Waals surface area contributed by atoms with E-state index in [9.17, 15) is 4.79 Å². The summed E-state index contributed by atoms with van der Waals surface area (Å²) in [5.41, 5.74) is 5.03. The number of carbonyl (C=O) groups excluding carboxylic acids is 1. The summed E-state index contributed by atoms with van der Waals surface area (Å²) >= 11 is 0. The number of nitrogens with zero attached hydrogens (tertiary/aromatic N) is 1. The van der Waals surface area contributed by atoms with Gasteiger partial charge in [-0.05, 0) is 45.1 Å². The van der Waals surface area contributed by atoms with E-state index in [0.717, 1.165) is 25.6 Å². The maximum Gasteiger partial charge on any atom is 0.238 e. The molecule has 4 heteroatoms. The van der Waals surface area contributed by atoms with Gasteiger partial charge in [0.1, 0.15) is 5.54 Å². The first-order chi connectivity index (χ1) is 8.53. The number of nitrogens with one attached hydrogen (secondary N) is 1. The summed E-state index contributed by atoms with van der Waals surface area (Å²) in [6.07, 6.45) is 6.42. The first-order valence-corrected chi connectivity index (χ1v) is 7.33. The van der Waals surface area contributed by atoms with E-state index in [1.54, 1.807) is 0 Å². The van der Waals surface area contributed by atoms with Crippen LogP contribution in [0, 0.1) is 5.92 Å². The number of amides is 1. The Morgan fingerprint density at radius 3 is 2.44 bits per heavy atom. The lowest BCUT2D eigenvalue weighted by Gasteiger charge is -2.37. The molecule has 4 nitrogen and oxygen atoms in total. The minimum absolute atomic E-state index is 0.221. The summed E-state index contributed by atoms with van der Waals surface area (Å²) < 4.78 is 0. The molecular weight excluding hydrogens is 226 g/mol. The van der Waals surface area contributed by atoms with Gasteiger partial charge in [0.15, 0.2) is 0 Å². The van der Waals surface area contributed by atoms with Crippen molar-refractivity contribution in [3.63, 3.8) is 0 Å². The molecule has 18 heavy (non-hydrogen) atoms. The molecule has 1 unspecified atom stereocenters. The SMILES string of the molecule is CCN(CC1CCC1)CC(C)(NC1CC1)C(N)=O. The molecule has 0 aromatic carbocycles. The van der Waals surface area contributed by atoms with Crippen LogP contribution in [0.15, 0.2) is 0 Å². The predicted molar refractivity (Wildman–Crippen MR) is 73.2 cm³/mol. The highest BCUT2D eigenvalue weighted by Gasteiger charge is 2.38. The summed E-state index contributed by atoms with van der Waals surface area (Å²) in [7, 11) is 0. The molecule has 2 aliphatic carbocycles. The molecule has 104 valence electrons. The van der Waals surface area contributed by atoms with Gasteiger partial charge < -0.3 is 10.6 Å². The van der Waals surface area contributed by atoms with Crippen LogP contribution in [0.2, 0.25) is 0 Å². The maximum atomic E-state index is 11.7. The third-order valence-electron chi connectivity index (χ3n) is 4.37. The Bertz CT molecular complexity index is 299. The van der Waals surface area contributed by atoms with Crippen molar-refractivity contribution in [2.75, 3.05) is 19.6 Å². The Balaban J connectivity index is 1.89. The van der Waals surface area contributed by atoms with Gasteiger partial charge in [0, 0.05) is 19.1 Å². The molecule has 0 heterocycles. The van der Waals surface area contributed by atoms with Crippen LogP contribution in [0.1, 0.15) is 46.0 Å². The molecule has 0 aromatic rings. The molecule has 3 N–H and O–H groups in total. The van der Waals surface area contributed by atoms with Gasteiger partial charge in [-0.3, -0.25) is 10.1 Å². The van der Waals surface area contributed by atoms with Gasteiger partial charge in [0.25, 0.3) is 0 Å². The van der Waals surface area contributed by atoms with Crippen LogP contribution < -0.4 is 11.1 Å². The second-order valence-corrected chi connectivity index (χ2v) is 6.24. The van der Waals surface area contributed by atoms with Gasteiger partial charge in [-0.1, -0.05) is 13.3 Å². The first-order valence-electron chi connectivity index (χ1n) is 7.33. The molecule has 1 atom stereocenters. The van der Waals surface area contributed by atoms with Crippen LogP contribution >= 0.6 is 0 Å². The van der Waals surface area contributed by atoms with Gasteiger partial charge in [0.2, 0.25) is 5.91 Å². The third kappa shape index (κ3) is 3.45. The zero-order valence-electron chi connectivity index (χ0n) is 11.7. The maximum absolute atomic E-state index is 11.7. The van der Waals surface area contributed by atoms with E-state index in [1.165, 1.54) is 32.1 Å². The van der Waals surface area contributed by atoms with Gasteiger partial charge in [-0.25, -0.2) is 0 Å². The molecule has 1 amide bonds. The van der Waals surface area contributed by atoms with Crippen molar-refractivity contribution in [3.05, 3.63) is 0 Å². The molecule has 0 radical (unpaired) electrons. The Morgan fingerprint density at radius 2 is 2.06 bits per heavy atom. The summed E-state index contributed by atoms with van der Waals surface area (Å²) in [6, 6.07) is 0.505. The van der Waals surface area contributed by atoms with Crippen LogP contribution in [0.3, 0.4) is 0 Å². The van der Waals surface area contributed by atoms with E-state index in [1.807, 2.05) is 6.92 Å². The lowest BCUT2D eigenvalue weighted by Crippen LogP contribution is -2.60. The van der Waals surface area contributed by atoms with Crippen LogP contribution in [0.4, 0.5) is 0 Å². The molecular formula is C14H27N3O. The average Bonchev–Trinajstić information content (AvgIpc) is 3.05. The van der Waals surface area contributed by atoms with Crippen molar-refractivity contribution in [2.24, 2.45) is 11.7 Å². The number of likely N-dealkylation sites (N-methyl/N-ethyl adjacent to an activating group) is 1. The Kier molecular flexibility index (Phi) is 4.28. The predicted octanol–water partition coefficient (Wildman–Crippen LogP) is 1.10. The highest BCUT2D eigenvalue weighted by molar-refractivity contribution is 5.84. The van der Waals surface area contributed by atoms with Gasteiger partial charge in [0.05, 0.1) is 0 Å². The van der Waals surface area contributed by atoms with Crippen molar-refractivity contribution in [1.29, 1.82) is 0 Å². The van der Waals surface area contributed by atoms with Crippen LogP contribution in [-0.2, 0) is 4.79 Å². The van der Waals surface area contributed by atoms with Gasteiger partial charge in [-0.15, -0.1) is 0 Å². The number of carbonyl (C=O) groups is 1. The lowest BCUT2D eigenvalue weighted by molar-refractivity contribution is -0.124. The highest BCUT2D eigenvalue weighted by Crippen LogP contribution is 2.28. The molecule has 0 aromatic heterocycles. The minimum Gasteiger partial charge on any atom is -0.368 e. The molecule has 0 spiro atoms. The quantitative estimate of drug-likeness (QED) is 0.681. The monoisotopic (exact) mass is 253 g/mol. The molecule has 0 bridgehead atoms. The molecule has 0 saturated heterocycles. The molecule has 2 saturated carbocycles. The number of hydrogen-bond acceptors (Lipinski definition) is 3. The number of hydrogen-bond donors (Lipinski definition) is 2. The summed E-state index contributed by atoms with van der Waals surface area (Å²) in [5, 5.41) is 3.42. The van der Waals surface area contributed by atoms with E-state index in [2.05, 4.69) is 17.1 Å². The van der Waals surface area contributed by atoms with Crippen molar-refractivity contribution in [3.8, 4) is 0 Å². The Labute approximate surface area is 110 Å². The van der Waals surface area contributed by atoms with Crippen LogP contribution in [0.25, 0.3) is 0 Å². The van der Waals surface area contributed by atoms with Crippen molar-refractivity contribution in [1.82, 2.24) is 10.2 Å². The Hall–Kier alpha value is -0.610. The number of primary amides is 1. The van der Waals surface area contributed by atoms with Crippen molar-refractivity contribution < 1.29 is 4.79 Å². The second-order valence-electron chi connectivity index (χ2n) is 6.24. The van der Waals surface area contributed by atoms with Crippen molar-refractivity contribution in [2.45, 2.75) is 57.5 Å². The summed E-state index contributed by atoms with van der Waals surface area (Å²) in [4.78, 5) is 14.1. The standard InChI is InChI=1S/C14H27N3O/c1-3-17(9-11-5-4-6-11)10-14(2,13(15)18)16-12-7-8-12/h11-12,16H,3-10H2,1-2H3,(H2,15,18). The highest BCUT2D eigenvalue weighted by atomic mass is 16.1. The zero-order chi connectivity index (χ0) is 13.2. The smallest absolute Gasteiger partial charge is 0.238 e. The summed E-state index contributed by atoms with van der Waals surface area (Å²) in [6.45, 7) is 6.97. The number of nitrogens with two attached hydrogens (primary N) is 1. The van der Waals surface area contributed by atoms with Gasteiger partial charge in [-0.2, -0.15) is 0 Å². The zero-order valence-corrected chi connectivity index (χ0v) is 11.7. The van der Waals surface area contributed by atoms with E-state index < -0.39 is 5.54 Å².